The molecule has 6 nitrogen and oxygen atoms in total. The molecule has 4 heterocycles. The van der Waals surface area contributed by atoms with Crippen molar-refractivity contribution in [3.8, 4) is 51.2 Å². The molecule has 0 atom stereocenters. The maximum absolute atomic E-state index is 5.52. The molecule has 0 bridgehead atoms. The van der Waals surface area contributed by atoms with Gasteiger partial charge in [-0.15, -0.1) is 0 Å². The molecule has 0 amide bonds. The summed E-state index contributed by atoms with van der Waals surface area (Å²) < 4.78 is 6.86. The molecule has 0 aliphatic rings. The number of hydrogen-bond acceptors (Lipinski definition) is 3. The quantitative estimate of drug-likeness (QED) is 0.168. The van der Waals surface area contributed by atoms with E-state index >= 15 is 0 Å². The zero-order chi connectivity index (χ0) is 41.4. The van der Waals surface area contributed by atoms with Gasteiger partial charge in [0.25, 0.3) is 0 Å². The van der Waals surface area contributed by atoms with E-state index in [1.54, 1.807) is 0 Å². The van der Waals surface area contributed by atoms with Crippen molar-refractivity contribution in [1.29, 1.82) is 0 Å². The Hall–Kier alpha value is -8.61. The zero-order valence-corrected chi connectivity index (χ0v) is 34.0. The van der Waals surface area contributed by atoms with E-state index < -0.39 is 0 Å². The van der Waals surface area contributed by atoms with E-state index in [0.717, 1.165) is 87.8 Å². The van der Waals surface area contributed by atoms with Gasteiger partial charge in [-0.05, 0) is 70.8 Å². The fourth-order valence-corrected chi connectivity index (χ4v) is 9.74. The average Bonchev–Trinajstić information content (AvgIpc) is 4.00. The monoisotopic (exact) mass is 804 g/mol. The Morgan fingerprint density at radius 1 is 0.270 bits per heavy atom. The van der Waals surface area contributed by atoms with Gasteiger partial charge in [0.15, 0.2) is 5.82 Å². The van der Waals surface area contributed by atoms with Gasteiger partial charge in [-0.3, -0.25) is 9.13 Å². The van der Waals surface area contributed by atoms with Gasteiger partial charge >= 0.3 is 0 Å². The van der Waals surface area contributed by atoms with Crippen LogP contribution in [0.2, 0.25) is 0 Å². The molecule has 0 saturated heterocycles. The highest BCUT2D eigenvalue weighted by atomic mass is 15.3. The first kappa shape index (κ1) is 35.2. The normalized spacial score (nSPS) is 11.8. The van der Waals surface area contributed by atoms with Gasteiger partial charge < -0.3 is 4.57 Å². The van der Waals surface area contributed by atoms with Crippen LogP contribution in [0.15, 0.2) is 218 Å². The minimum Gasteiger partial charge on any atom is -0.309 e. The SMILES string of the molecule is c1ccc(-c2cccc(-c3nc(-n4c5ccccc5c5ccccc54)nc(-n4c5ccccc5c5ccc6c(c7ccccc7n6-c6cccc(-c7ccccc7)c6)c54)n3)c2)cc1. The Morgan fingerprint density at radius 2 is 0.730 bits per heavy atom. The molecule has 13 rings (SSSR count). The first-order valence-electron chi connectivity index (χ1n) is 21.3. The van der Waals surface area contributed by atoms with Crippen LogP contribution in [0.3, 0.4) is 0 Å². The molecular formula is C57H36N6. The number of benzene rings is 9. The number of nitrogens with zero attached hydrogens (tertiary/aromatic N) is 6. The number of rotatable bonds is 6. The fraction of sp³-hybridized carbons (Fsp3) is 0. The predicted molar refractivity (Wildman–Crippen MR) is 259 cm³/mol. The second kappa shape index (κ2) is 14.0. The topological polar surface area (TPSA) is 53.5 Å². The second-order valence-corrected chi connectivity index (χ2v) is 16.1. The average molecular weight is 805 g/mol. The summed E-state index contributed by atoms with van der Waals surface area (Å²) in [6, 6.07) is 77.3. The third kappa shape index (κ3) is 5.48. The molecule has 0 aliphatic heterocycles. The first-order valence-corrected chi connectivity index (χ1v) is 21.3. The van der Waals surface area contributed by atoms with Crippen molar-refractivity contribution in [2.45, 2.75) is 0 Å². The van der Waals surface area contributed by atoms with Gasteiger partial charge in [0.05, 0.1) is 33.1 Å². The molecule has 6 heteroatoms. The molecule has 0 unspecified atom stereocenters. The highest BCUT2D eigenvalue weighted by molar-refractivity contribution is 6.26. The minimum absolute atomic E-state index is 0.545. The zero-order valence-electron chi connectivity index (χ0n) is 34.0. The van der Waals surface area contributed by atoms with Crippen molar-refractivity contribution < 1.29 is 0 Å². The molecule has 0 fully saturated rings. The molecule has 0 saturated carbocycles. The lowest BCUT2D eigenvalue weighted by molar-refractivity contribution is 0.894. The number of aromatic nitrogens is 6. The van der Waals surface area contributed by atoms with E-state index in [2.05, 4.69) is 226 Å². The van der Waals surface area contributed by atoms with Crippen LogP contribution in [0.5, 0.6) is 0 Å². The Balaban J connectivity index is 1.14. The van der Waals surface area contributed by atoms with Gasteiger partial charge in [0.1, 0.15) is 0 Å². The number of hydrogen-bond donors (Lipinski definition) is 0. The smallest absolute Gasteiger partial charge is 0.240 e. The largest absolute Gasteiger partial charge is 0.309 e. The van der Waals surface area contributed by atoms with Gasteiger partial charge in [-0.2, -0.15) is 15.0 Å². The lowest BCUT2D eigenvalue weighted by Gasteiger charge is -2.13. The maximum Gasteiger partial charge on any atom is 0.240 e. The van der Waals surface area contributed by atoms with E-state index in [0.29, 0.717) is 17.7 Å². The third-order valence-electron chi connectivity index (χ3n) is 12.5. The summed E-state index contributed by atoms with van der Waals surface area (Å²) in [5.41, 5.74) is 12.9. The fourth-order valence-electron chi connectivity index (χ4n) is 9.74. The van der Waals surface area contributed by atoms with Gasteiger partial charge in [-0.1, -0.05) is 170 Å². The van der Waals surface area contributed by atoms with Crippen LogP contribution in [0, 0.1) is 0 Å². The molecule has 4 aromatic heterocycles. The highest BCUT2D eigenvalue weighted by Crippen LogP contribution is 2.42. The van der Waals surface area contributed by atoms with Crippen LogP contribution in [0.25, 0.3) is 117 Å². The summed E-state index contributed by atoms with van der Waals surface area (Å²) in [5, 5.41) is 6.83. The molecule has 0 aliphatic carbocycles. The lowest BCUT2D eigenvalue weighted by Crippen LogP contribution is -2.10. The van der Waals surface area contributed by atoms with E-state index in [-0.39, 0.29) is 0 Å². The Morgan fingerprint density at radius 3 is 1.37 bits per heavy atom. The van der Waals surface area contributed by atoms with Crippen LogP contribution < -0.4 is 0 Å². The standard InChI is InChI=1S/C57H36N6/c1-3-17-37(18-4-1)39-21-15-23-41(35-39)55-58-56(62-48-29-11-7-25-43(48)44-26-8-12-30-49(44)62)60-57(59-55)63-50-31-13-9-27-45(50)46-33-34-52-53(54(46)63)47-28-10-14-32-51(47)61(52)42-24-16-22-40(36-42)38-19-5-2-6-20-38/h1-36H. The maximum atomic E-state index is 5.52. The van der Waals surface area contributed by atoms with Crippen molar-refractivity contribution in [2.24, 2.45) is 0 Å². The van der Waals surface area contributed by atoms with E-state index in [1.807, 2.05) is 6.07 Å². The van der Waals surface area contributed by atoms with E-state index in [4.69, 9.17) is 15.0 Å². The van der Waals surface area contributed by atoms with Crippen molar-refractivity contribution in [1.82, 2.24) is 28.7 Å². The Bertz CT molecular complexity index is 3860. The summed E-state index contributed by atoms with van der Waals surface area (Å²) in [6.45, 7) is 0. The van der Waals surface area contributed by atoms with Crippen LogP contribution in [-0.2, 0) is 0 Å². The lowest BCUT2D eigenvalue weighted by atomic mass is 10.0. The van der Waals surface area contributed by atoms with Crippen LogP contribution >= 0.6 is 0 Å². The summed E-state index contributed by atoms with van der Waals surface area (Å²) in [4.78, 5) is 16.4. The second-order valence-electron chi connectivity index (χ2n) is 16.1. The molecule has 294 valence electrons. The molecule has 63 heavy (non-hydrogen) atoms. The van der Waals surface area contributed by atoms with Crippen molar-refractivity contribution in [3.05, 3.63) is 218 Å². The van der Waals surface area contributed by atoms with Crippen LogP contribution in [-0.4, -0.2) is 28.7 Å². The molecule has 13 aromatic rings. The van der Waals surface area contributed by atoms with E-state index in [1.165, 1.54) is 11.1 Å². The molecule has 9 aromatic carbocycles. The predicted octanol–water partition coefficient (Wildman–Crippen LogP) is 14.2. The molecule has 0 N–H and O–H groups in total. The minimum atomic E-state index is 0.545. The molecule has 0 radical (unpaired) electrons. The van der Waals surface area contributed by atoms with Crippen LogP contribution in [0.1, 0.15) is 0 Å². The third-order valence-corrected chi connectivity index (χ3v) is 12.5. The highest BCUT2D eigenvalue weighted by Gasteiger charge is 2.24. The van der Waals surface area contributed by atoms with Gasteiger partial charge in [-0.25, -0.2) is 0 Å². The van der Waals surface area contributed by atoms with Crippen LogP contribution in [0.4, 0.5) is 0 Å². The number of para-hydroxylation sites is 4. The van der Waals surface area contributed by atoms with Crippen molar-refractivity contribution in [3.63, 3.8) is 0 Å². The van der Waals surface area contributed by atoms with Gasteiger partial charge in [0, 0.05) is 43.6 Å². The van der Waals surface area contributed by atoms with Crippen molar-refractivity contribution >= 4 is 65.4 Å². The summed E-state index contributed by atoms with van der Waals surface area (Å²) in [5.74, 6) is 1.69. The Kier molecular flexibility index (Phi) is 7.80. The summed E-state index contributed by atoms with van der Waals surface area (Å²) in [6.07, 6.45) is 0. The molecular weight excluding hydrogens is 769 g/mol. The number of fused-ring (bicyclic) bond motifs is 10. The van der Waals surface area contributed by atoms with E-state index in [9.17, 15) is 0 Å². The molecule has 0 spiro atoms. The van der Waals surface area contributed by atoms with Crippen molar-refractivity contribution in [2.75, 3.05) is 0 Å². The first-order chi connectivity index (χ1) is 31.3. The Labute approximate surface area is 362 Å². The summed E-state index contributed by atoms with van der Waals surface area (Å²) in [7, 11) is 0. The summed E-state index contributed by atoms with van der Waals surface area (Å²) >= 11 is 0. The van der Waals surface area contributed by atoms with Gasteiger partial charge in [0.2, 0.25) is 11.9 Å².